The molecular formula is C24H25N3O4S. The van der Waals surface area contributed by atoms with E-state index in [2.05, 4.69) is 15.6 Å². The summed E-state index contributed by atoms with van der Waals surface area (Å²) < 4.78 is 10.8. The number of amides is 2. The number of carbonyl (C=O) groups is 2. The van der Waals surface area contributed by atoms with Gasteiger partial charge < -0.3 is 20.1 Å². The lowest BCUT2D eigenvalue weighted by molar-refractivity contribution is -0.118. The maximum absolute atomic E-state index is 12.1. The van der Waals surface area contributed by atoms with E-state index in [9.17, 15) is 9.59 Å². The standard InChI is InChI=1S/C24H25N3O4S/c1-30-21-10-8-19(9-11-21)27-24(29)17-32-16-23(28)26-14-18-5-4-7-22(13-18)31-15-20-6-2-3-12-25-20/h2-13H,14-17H2,1H3,(H,26,28)(H,27,29). The molecular weight excluding hydrogens is 426 g/mol. The Balaban J connectivity index is 1.35. The Kier molecular flexibility index (Phi) is 8.94. The minimum Gasteiger partial charge on any atom is -0.497 e. The number of thioether (sulfide) groups is 1. The van der Waals surface area contributed by atoms with Crippen LogP contribution in [0.5, 0.6) is 11.5 Å². The third-order valence-electron chi connectivity index (χ3n) is 4.34. The van der Waals surface area contributed by atoms with E-state index in [4.69, 9.17) is 9.47 Å². The van der Waals surface area contributed by atoms with Crippen molar-refractivity contribution in [3.63, 3.8) is 0 Å². The van der Waals surface area contributed by atoms with Gasteiger partial charge in [-0.15, -0.1) is 11.8 Å². The molecule has 3 rings (SSSR count). The molecule has 1 heterocycles. The van der Waals surface area contributed by atoms with E-state index in [-0.39, 0.29) is 23.3 Å². The van der Waals surface area contributed by atoms with Crippen LogP contribution in [0.1, 0.15) is 11.3 Å². The number of rotatable bonds is 11. The van der Waals surface area contributed by atoms with E-state index >= 15 is 0 Å². The zero-order valence-corrected chi connectivity index (χ0v) is 18.6. The fourth-order valence-corrected chi connectivity index (χ4v) is 3.39. The van der Waals surface area contributed by atoms with Crippen LogP contribution in [0, 0.1) is 0 Å². The van der Waals surface area contributed by atoms with Crippen LogP contribution in [0.3, 0.4) is 0 Å². The second kappa shape index (κ2) is 12.4. The number of nitrogens with one attached hydrogen (secondary N) is 2. The molecule has 0 unspecified atom stereocenters. The fraction of sp³-hybridized carbons (Fsp3) is 0.208. The van der Waals surface area contributed by atoms with E-state index in [0.717, 1.165) is 17.0 Å². The summed E-state index contributed by atoms with van der Waals surface area (Å²) in [6.07, 6.45) is 1.73. The molecule has 2 N–H and O–H groups in total. The molecule has 0 aliphatic rings. The number of carbonyl (C=O) groups excluding carboxylic acids is 2. The number of hydrogen-bond donors (Lipinski definition) is 2. The number of pyridine rings is 1. The summed E-state index contributed by atoms with van der Waals surface area (Å²) in [6.45, 7) is 0.768. The number of methoxy groups -OCH3 is 1. The second-order valence-corrected chi connectivity index (χ2v) is 7.79. The van der Waals surface area contributed by atoms with Gasteiger partial charge in [0.25, 0.3) is 0 Å². The third kappa shape index (κ3) is 7.96. The smallest absolute Gasteiger partial charge is 0.234 e. The first-order valence-electron chi connectivity index (χ1n) is 10.0. The van der Waals surface area contributed by atoms with Crippen molar-refractivity contribution in [2.75, 3.05) is 23.9 Å². The van der Waals surface area contributed by atoms with Crippen molar-refractivity contribution in [1.29, 1.82) is 0 Å². The van der Waals surface area contributed by atoms with Crippen LogP contribution in [0.2, 0.25) is 0 Å². The van der Waals surface area contributed by atoms with Crippen molar-refractivity contribution in [2.24, 2.45) is 0 Å². The Morgan fingerprint density at radius 2 is 1.75 bits per heavy atom. The van der Waals surface area contributed by atoms with Gasteiger partial charge in [0, 0.05) is 18.4 Å². The van der Waals surface area contributed by atoms with Gasteiger partial charge in [-0.3, -0.25) is 14.6 Å². The molecule has 7 nitrogen and oxygen atoms in total. The lowest BCUT2D eigenvalue weighted by Gasteiger charge is -2.09. The van der Waals surface area contributed by atoms with Gasteiger partial charge >= 0.3 is 0 Å². The summed E-state index contributed by atoms with van der Waals surface area (Å²) in [6, 6.07) is 20.3. The van der Waals surface area contributed by atoms with Crippen molar-refractivity contribution < 1.29 is 19.1 Å². The summed E-state index contributed by atoms with van der Waals surface area (Å²) in [5.74, 6) is 1.53. The maximum atomic E-state index is 12.1. The topological polar surface area (TPSA) is 89.5 Å². The maximum Gasteiger partial charge on any atom is 0.234 e. The largest absolute Gasteiger partial charge is 0.497 e. The molecule has 32 heavy (non-hydrogen) atoms. The van der Waals surface area contributed by atoms with Crippen LogP contribution in [0.25, 0.3) is 0 Å². The van der Waals surface area contributed by atoms with E-state index in [1.165, 1.54) is 11.8 Å². The van der Waals surface area contributed by atoms with E-state index in [1.54, 1.807) is 37.6 Å². The molecule has 0 aliphatic heterocycles. The summed E-state index contributed by atoms with van der Waals surface area (Å²) in [5.41, 5.74) is 2.46. The molecule has 0 atom stereocenters. The highest BCUT2D eigenvalue weighted by Crippen LogP contribution is 2.16. The molecule has 166 valence electrons. The Bertz CT molecular complexity index is 1010. The molecule has 0 fully saturated rings. The molecule has 0 bridgehead atoms. The molecule has 2 amide bonds. The van der Waals surface area contributed by atoms with Crippen molar-refractivity contribution in [3.05, 3.63) is 84.2 Å². The SMILES string of the molecule is COc1ccc(NC(=O)CSCC(=O)NCc2cccc(OCc3ccccn3)c2)cc1. The average Bonchev–Trinajstić information content (AvgIpc) is 2.83. The van der Waals surface area contributed by atoms with Crippen LogP contribution in [0.15, 0.2) is 72.9 Å². The summed E-state index contributed by atoms with van der Waals surface area (Å²) >= 11 is 1.26. The number of ether oxygens (including phenoxy) is 2. The lowest BCUT2D eigenvalue weighted by Crippen LogP contribution is -2.25. The van der Waals surface area contributed by atoms with E-state index < -0.39 is 0 Å². The predicted molar refractivity (Wildman–Crippen MR) is 126 cm³/mol. The number of nitrogens with zero attached hydrogens (tertiary/aromatic N) is 1. The number of benzene rings is 2. The first kappa shape index (κ1) is 23.1. The first-order chi connectivity index (χ1) is 15.6. The molecule has 3 aromatic rings. The van der Waals surface area contributed by atoms with Crippen LogP contribution < -0.4 is 20.1 Å². The van der Waals surface area contributed by atoms with Crippen molar-refractivity contribution >= 4 is 29.3 Å². The Morgan fingerprint density at radius 1 is 0.938 bits per heavy atom. The highest BCUT2D eigenvalue weighted by Gasteiger charge is 2.07. The lowest BCUT2D eigenvalue weighted by atomic mass is 10.2. The third-order valence-corrected chi connectivity index (χ3v) is 5.27. The number of anilines is 1. The Labute approximate surface area is 191 Å². The molecule has 0 spiro atoms. The summed E-state index contributed by atoms with van der Waals surface area (Å²) in [7, 11) is 1.59. The molecule has 0 radical (unpaired) electrons. The molecule has 1 aromatic heterocycles. The van der Waals surface area contributed by atoms with Crippen molar-refractivity contribution in [3.8, 4) is 11.5 Å². The molecule has 0 saturated heterocycles. The van der Waals surface area contributed by atoms with Gasteiger partial charge in [0.1, 0.15) is 18.1 Å². The van der Waals surface area contributed by atoms with Crippen LogP contribution >= 0.6 is 11.8 Å². The van der Waals surface area contributed by atoms with Gasteiger partial charge in [-0.1, -0.05) is 18.2 Å². The van der Waals surface area contributed by atoms with Crippen molar-refractivity contribution in [2.45, 2.75) is 13.2 Å². The molecule has 0 aliphatic carbocycles. The fourth-order valence-electron chi connectivity index (χ4n) is 2.75. The van der Waals surface area contributed by atoms with Gasteiger partial charge in [0.2, 0.25) is 11.8 Å². The summed E-state index contributed by atoms with van der Waals surface area (Å²) in [4.78, 5) is 28.4. The Morgan fingerprint density at radius 3 is 2.50 bits per heavy atom. The van der Waals surface area contributed by atoms with Gasteiger partial charge in [-0.05, 0) is 54.1 Å². The van der Waals surface area contributed by atoms with Crippen LogP contribution in [-0.4, -0.2) is 35.4 Å². The van der Waals surface area contributed by atoms with Gasteiger partial charge in [0.15, 0.2) is 0 Å². The van der Waals surface area contributed by atoms with Gasteiger partial charge in [-0.25, -0.2) is 0 Å². The minimum atomic E-state index is -0.161. The highest BCUT2D eigenvalue weighted by molar-refractivity contribution is 8.00. The quantitative estimate of drug-likeness (QED) is 0.463. The zero-order valence-electron chi connectivity index (χ0n) is 17.7. The summed E-state index contributed by atoms with van der Waals surface area (Å²) in [5, 5.41) is 5.65. The molecule has 8 heteroatoms. The Hall–Kier alpha value is -3.52. The van der Waals surface area contributed by atoms with Gasteiger partial charge in [-0.2, -0.15) is 0 Å². The zero-order chi connectivity index (χ0) is 22.6. The number of aromatic nitrogens is 1. The predicted octanol–water partition coefficient (Wildman–Crippen LogP) is 3.66. The van der Waals surface area contributed by atoms with Gasteiger partial charge in [0.05, 0.1) is 24.3 Å². The minimum absolute atomic E-state index is 0.132. The number of hydrogen-bond acceptors (Lipinski definition) is 6. The monoisotopic (exact) mass is 451 g/mol. The average molecular weight is 452 g/mol. The molecule has 2 aromatic carbocycles. The first-order valence-corrected chi connectivity index (χ1v) is 11.2. The van der Waals surface area contributed by atoms with Crippen LogP contribution in [0.4, 0.5) is 5.69 Å². The van der Waals surface area contributed by atoms with Crippen LogP contribution in [-0.2, 0) is 22.7 Å². The highest BCUT2D eigenvalue weighted by atomic mass is 32.2. The van der Waals surface area contributed by atoms with Crippen molar-refractivity contribution in [1.82, 2.24) is 10.3 Å². The van der Waals surface area contributed by atoms with E-state index in [1.807, 2.05) is 42.5 Å². The van der Waals surface area contributed by atoms with E-state index in [0.29, 0.717) is 24.6 Å². The normalized spacial score (nSPS) is 10.3. The second-order valence-electron chi connectivity index (χ2n) is 6.80. The molecule has 0 saturated carbocycles.